The van der Waals surface area contributed by atoms with E-state index in [1.807, 2.05) is 13.8 Å². The molecule has 0 heterocycles. The molecule has 1 aromatic carbocycles. The molecule has 0 aliphatic rings. The van der Waals surface area contributed by atoms with Crippen LogP contribution in [-0.2, 0) is 11.2 Å². The van der Waals surface area contributed by atoms with E-state index >= 15 is 0 Å². The van der Waals surface area contributed by atoms with Crippen molar-refractivity contribution in [2.24, 2.45) is 11.8 Å². The third-order valence-electron chi connectivity index (χ3n) is 3.13. The molecule has 2 nitrogen and oxygen atoms in total. The molecule has 1 aromatic rings. The summed E-state index contributed by atoms with van der Waals surface area (Å²) in [5.74, 6) is -1.40. The van der Waals surface area contributed by atoms with Gasteiger partial charge >= 0.3 is 5.97 Å². The summed E-state index contributed by atoms with van der Waals surface area (Å²) in [7, 11) is 0. The number of aliphatic carboxylic acids is 1. The fraction of sp³-hybridized carbons (Fsp3) is 0.500. The van der Waals surface area contributed by atoms with Crippen LogP contribution >= 0.6 is 11.6 Å². The first-order valence-corrected chi connectivity index (χ1v) is 6.47. The van der Waals surface area contributed by atoms with Crippen LogP contribution in [0.25, 0.3) is 0 Å². The molecule has 0 aromatic heterocycles. The number of halogens is 2. The molecule has 0 aliphatic heterocycles. The van der Waals surface area contributed by atoms with Crippen LogP contribution in [0.15, 0.2) is 18.2 Å². The van der Waals surface area contributed by atoms with Crippen molar-refractivity contribution in [3.05, 3.63) is 34.6 Å². The van der Waals surface area contributed by atoms with E-state index in [4.69, 9.17) is 16.7 Å². The van der Waals surface area contributed by atoms with Gasteiger partial charge in [0.05, 0.1) is 5.92 Å². The SMILES string of the molecule is CC(C)C(CCCc1c(F)cccc1Cl)C(=O)O. The lowest BCUT2D eigenvalue weighted by atomic mass is 9.90. The smallest absolute Gasteiger partial charge is 0.306 e. The van der Waals surface area contributed by atoms with E-state index in [0.717, 1.165) is 0 Å². The lowest BCUT2D eigenvalue weighted by Gasteiger charge is -2.16. The van der Waals surface area contributed by atoms with Crippen molar-refractivity contribution < 1.29 is 14.3 Å². The molecular weight excluding hydrogens is 255 g/mol. The summed E-state index contributed by atoms with van der Waals surface area (Å²) in [6.45, 7) is 3.77. The minimum Gasteiger partial charge on any atom is -0.481 e. The zero-order valence-electron chi connectivity index (χ0n) is 10.6. The second kappa shape index (κ2) is 6.74. The molecule has 1 N–H and O–H groups in total. The Morgan fingerprint density at radius 1 is 1.44 bits per heavy atom. The Morgan fingerprint density at radius 3 is 2.61 bits per heavy atom. The Kier molecular flexibility index (Phi) is 5.60. The number of carboxylic acids is 1. The molecule has 0 saturated heterocycles. The molecule has 1 unspecified atom stereocenters. The molecule has 1 atom stereocenters. The number of carboxylic acid groups (broad SMARTS) is 1. The predicted octanol–water partition coefficient (Wildman–Crippen LogP) is 4.16. The van der Waals surface area contributed by atoms with Gasteiger partial charge < -0.3 is 5.11 Å². The highest BCUT2D eigenvalue weighted by atomic mass is 35.5. The Hall–Kier alpha value is -1.09. The molecule has 0 aliphatic carbocycles. The van der Waals surface area contributed by atoms with Gasteiger partial charge in [-0.2, -0.15) is 0 Å². The fourth-order valence-electron chi connectivity index (χ4n) is 2.01. The van der Waals surface area contributed by atoms with Crippen LogP contribution in [0.2, 0.25) is 5.02 Å². The Labute approximate surface area is 112 Å². The maximum absolute atomic E-state index is 13.5. The van der Waals surface area contributed by atoms with Crippen molar-refractivity contribution in [1.82, 2.24) is 0 Å². The first kappa shape index (κ1) is 15.0. The summed E-state index contributed by atoms with van der Waals surface area (Å²) in [6, 6.07) is 4.59. The second-order valence-electron chi connectivity index (χ2n) is 4.78. The van der Waals surface area contributed by atoms with Gasteiger partial charge in [-0.1, -0.05) is 31.5 Å². The molecule has 0 fully saturated rings. The van der Waals surface area contributed by atoms with Gasteiger partial charge in [-0.15, -0.1) is 0 Å². The Morgan fingerprint density at radius 2 is 2.11 bits per heavy atom. The lowest BCUT2D eigenvalue weighted by molar-refractivity contribution is -0.143. The maximum atomic E-state index is 13.5. The average molecular weight is 273 g/mol. The van der Waals surface area contributed by atoms with Gasteiger partial charge in [0.2, 0.25) is 0 Å². The summed E-state index contributed by atoms with van der Waals surface area (Å²) in [5.41, 5.74) is 0.479. The third kappa shape index (κ3) is 3.98. The highest BCUT2D eigenvalue weighted by molar-refractivity contribution is 6.31. The van der Waals surface area contributed by atoms with Gasteiger partial charge in [0.1, 0.15) is 5.82 Å². The molecule has 0 saturated carbocycles. The van der Waals surface area contributed by atoms with Gasteiger partial charge in [0, 0.05) is 10.6 Å². The number of carbonyl (C=O) groups is 1. The average Bonchev–Trinajstić information content (AvgIpc) is 2.26. The monoisotopic (exact) mass is 272 g/mol. The summed E-state index contributed by atoms with van der Waals surface area (Å²) >= 11 is 5.91. The minimum absolute atomic E-state index is 0.0820. The largest absolute Gasteiger partial charge is 0.481 e. The van der Waals surface area contributed by atoms with Crippen molar-refractivity contribution in [2.45, 2.75) is 33.1 Å². The summed E-state index contributed by atoms with van der Waals surface area (Å²) in [4.78, 5) is 11.0. The van der Waals surface area contributed by atoms with Crippen molar-refractivity contribution in [3.63, 3.8) is 0 Å². The van der Waals surface area contributed by atoms with Crippen molar-refractivity contribution in [2.75, 3.05) is 0 Å². The summed E-state index contributed by atoms with van der Waals surface area (Å²) in [5, 5.41) is 9.46. The van der Waals surface area contributed by atoms with Crippen molar-refractivity contribution in [1.29, 1.82) is 0 Å². The highest BCUT2D eigenvalue weighted by Crippen LogP contribution is 2.23. The molecule has 100 valence electrons. The normalized spacial score (nSPS) is 12.7. The molecule has 4 heteroatoms. The molecule has 0 bridgehead atoms. The van der Waals surface area contributed by atoms with E-state index < -0.39 is 5.97 Å². The van der Waals surface area contributed by atoms with Crippen LogP contribution in [-0.4, -0.2) is 11.1 Å². The number of hydrogen-bond acceptors (Lipinski definition) is 1. The summed E-state index contributed by atoms with van der Waals surface area (Å²) < 4.78 is 13.5. The predicted molar refractivity (Wildman–Crippen MR) is 70.3 cm³/mol. The zero-order valence-corrected chi connectivity index (χ0v) is 11.4. The van der Waals surface area contributed by atoms with Crippen molar-refractivity contribution >= 4 is 17.6 Å². The molecule has 1 rings (SSSR count). The first-order valence-electron chi connectivity index (χ1n) is 6.09. The fourth-order valence-corrected chi connectivity index (χ4v) is 2.27. The van der Waals surface area contributed by atoms with Crippen LogP contribution in [0.3, 0.4) is 0 Å². The molecular formula is C14H18ClFO2. The van der Waals surface area contributed by atoms with Crippen LogP contribution in [0.1, 0.15) is 32.3 Å². The number of hydrogen-bond donors (Lipinski definition) is 1. The quantitative estimate of drug-likeness (QED) is 0.844. The highest BCUT2D eigenvalue weighted by Gasteiger charge is 2.21. The van der Waals surface area contributed by atoms with E-state index in [0.29, 0.717) is 29.8 Å². The van der Waals surface area contributed by atoms with E-state index in [1.54, 1.807) is 12.1 Å². The van der Waals surface area contributed by atoms with Crippen LogP contribution in [0, 0.1) is 17.7 Å². The Bertz CT molecular complexity index is 398. The molecule has 0 radical (unpaired) electrons. The van der Waals surface area contributed by atoms with Crippen LogP contribution in [0.5, 0.6) is 0 Å². The minimum atomic E-state index is -0.787. The zero-order chi connectivity index (χ0) is 13.7. The van der Waals surface area contributed by atoms with E-state index in [2.05, 4.69) is 0 Å². The topological polar surface area (TPSA) is 37.3 Å². The number of rotatable bonds is 6. The molecule has 0 amide bonds. The van der Waals surface area contributed by atoms with E-state index in [1.165, 1.54) is 6.07 Å². The van der Waals surface area contributed by atoms with Gasteiger partial charge in [0.15, 0.2) is 0 Å². The van der Waals surface area contributed by atoms with Gasteiger partial charge in [-0.25, -0.2) is 4.39 Å². The molecule has 0 spiro atoms. The molecule has 18 heavy (non-hydrogen) atoms. The summed E-state index contributed by atoms with van der Waals surface area (Å²) in [6.07, 6.45) is 1.63. The van der Waals surface area contributed by atoms with Gasteiger partial charge in [-0.05, 0) is 37.3 Å². The standard InChI is InChI=1S/C14H18ClFO2/c1-9(2)10(14(17)18)5-3-6-11-12(15)7-4-8-13(11)16/h4,7-10H,3,5-6H2,1-2H3,(H,17,18). The van der Waals surface area contributed by atoms with Gasteiger partial charge in [0.25, 0.3) is 0 Å². The Balaban J connectivity index is 2.58. The van der Waals surface area contributed by atoms with Crippen LogP contribution < -0.4 is 0 Å². The van der Waals surface area contributed by atoms with E-state index in [9.17, 15) is 9.18 Å². The first-order chi connectivity index (χ1) is 8.43. The lowest BCUT2D eigenvalue weighted by Crippen LogP contribution is -2.19. The second-order valence-corrected chi connectivity index (χ2v) is 5.19. The number of benzene rings is 1. The van der Waals surface area contributed by atoms with E-state index in [-0.39, 0.29) is 17.7 Å². The third-order valence-corrected chi connectivity index (χ3v) is 3.48. The van der Waals surface area contributed by atoms with Crippen LogP contribution in [0.4, 0.5) is 4.39 Å². The maximum Gasteiger partial charge on any atom is 0.306 e. The van der Waals surface area contributed by atoms with Gasteiger partial charge in [-0.3, -0.25) is 4.79 Å². The van der Waals surface area contributed by atoms with Crippen molar-refractivity contribution in [3.8, 4) is 0 Å².